The summed E-state index contributed by atoms with van der Waals surface area (Å²) in [6.45, 7) is 2.67. The first-order chi connectivity index (χ1) is 9.75. The third-order valence-electron chi connectivity index (χ3n) is 4.43. The number of hydrogen-bond donors (Lipinski definition) is 1. The number of rotatable bonds is 3. The topological polar surface area (TPSA) is 64.9 Å². The van der Waals surface area contributed by atoms with Gasteiger partial charge in [0.25, 0.3) is 0 Å². The normalized spacial score (nSPS) is 18.9. The summed E-state index contributed by atoms with van der Waals surface area (Å²) in [7, 11) is 0. The molecule has 0 spiro atoms. The highest BCUT2D eigenvalue weighted by Gasteiger charge is 2.37. The van der Waals surface area contributed by atoms with Crippen molar-refractivity contribution in [3.8, 4) is 11.4 Å². The first-order valence-corrected chi connectivity index (χ1v) is 8.27. The molecule has 1 aliphatic rings. The van der Waals surface area contributed by atoms with Crippen molar-refractivity contribution in [1.82, 2.24) is 10.1 Å². The largest absolute Gasteiger partial charge is 0.338 e. The fourth-order valence-electron chi connectivity index (χ4n) is 3.05. The van der Waals surface area contributed by atoms with Crippen molar-refractivity contribution < 1.29 is 4.52 Å². The summed E-state index contributed by atoms with van der Waals surface area (Å²) in [5, 5.41) is 8.37. The summed E-state index contributed by atoms with van der Waals surface area (Å²) in [6.07, 6.45) is 7.10. The van der Waals surface area contributed by atoms with Gasteiger partial charge in [-0.05, 0) is 30.7 Å². The molecule has 0 aliphatic heterocycles. The van der Waals surface area contributed by atoms with Crippen molar-refractivity contribution in [2.24, 2.45) is 5.73 Å². The molecule has 0 atom stereocenters. The first kappa shape index (κ1) is 13.8. The van der Waals surface area contributed by atoms with Crippen LogP contribution in [0.2, 0.25) is 0 Å². The molecule has 0 bridgehead atoms. The van der Waals surface area contributed by atoms with E-state index in [0.29, 0.717) is 12.4 Å². The average molecular weight is 291 g/mol. The van der Waals surface area contributed by atoms with E-state index in [1.165, 1.54) is 31.2 Å². The molecule has 4 nitrogen and oxygen atoms in total. The predicted octanol–water partition coefficient (Wildman–Crippen LogP) is 3.66. The van der Waals surface area contributed by atoms with Crippen LogP contribution >= 0.6 is 11.3 Å². The van der Waals surface area contributed by atoms with Crippen molar-refractivity contribution >= 4 is 11.3 Å². The second kappa shape index (κ2) is 5.66. The maximum Gasteiger partial charge on any atom is 0.234 e. The maximum atomic E-state index is 6.07. The highest BCUT2D eigenvalue weighted by molar-refractivity contribution is 7.08. The second-order valence-corrected chi connectivity index (χ2v) is 6.53. The van der Waals surface area contributed by atoms with Crippen LogP contribution in [0.25, 0.3) is 11.4 Å². The van der Waals surface area contributed by atoms with Gasteiger partial charge in [-0.1, -0.05) is 30.8 Å². The van der Waals surface area contributed by atoms with Crippen molar-refractivity contribution in [2.45, 2.75) is 50.9 Å². The molecule has 108 valence electrons. The monoisotopic (exact) mass is 291 g/mol. The molecule has 2 heterocycles. The van der Waals surface area contributed by atoms with Crippen LogP contribution in [0.3, 0.4) is 0 Å². The quantitative estimate of drug-likeness (QED) is 0.876. The van der Waals surface area contributed by atoms with Gasteiger partial charge in [0.1, 0.15) is 0 Å². The molecule has 1 saturated carbocycles. The minimum Gasteiger partial charge on any atom is -0.338 e. The molecule has 3 rings (SSSR count). The second-order valence-electron chi connectivity index (χ2n) is 5.79. The summed E-state index contributed by atoms with van der Waals surface area (Å²) < 4.78 is 5.60. The van der Waals surface area contributed by atoms with Gasteiger partial charge in [0.15, 0.2) is 0 Å². The van der Waals surface area contributed by atoms with Crippen molar-refractivity contribution in [3.05, 3.63) is 22.2 Å². The molecule has 2 N–H and O–H groups in total. The summed E-state index contributed by atoms with van der Waals surface area (Å²) in [4.78, 5) is 4.67. The standard InChI is InChI=1S/C15H21N3OS/c1-11-8-20-9-12(11)13-17-14(19-18-13)15(10-16)6-4-2-3-5-7-15/h8-9H,2-7,10,16H2,1H3. The van der Waals surface area contributed by atoms with E-state index in [4.69, 9.17) is 10.3 Å². The molecule has 5 heteroatoms. The number of nitrogens with zero attached hydrogens (tertiary/aromatic N) is 2. The molecule has 20 heavy (non-hydrogen) atoms. The van der Waals surface area contributed by atoms with Crippen LogP contribution in [0.4, 0.5) is 0 Å². The van der Waals surface area contributed by atoms with Gasteiger partial charge in [0, 0.05) is 17.5 Å². The summed E-state index contributed by atoms with van der Waals surface area (Å²) in [6, 6.07) is 0. The lowest BCUT2D eigenvalue weighted by Crippen LogP contribution is -2.35. The Labute approximate surface area is 123 Å². The molecule has 0 radical (unpaired) electrons. The SMILES string of the molecule is Cc1cscc1-c1noc(C2(CN)CCCCCC2)n1. The molecule has 2 aromatic heterocycles. The molecule has 1 fully saturated rings. The van der Waals surface area contributed by atoms with E-state index in [9.17, 15) is 0 Å². The number of nitrogens with two attached hydrogens (primary N) is 1. The zero-order valence-electron chi connectivity index (χ0n) is 11.9. The average Bonchev–Trinajstić information content (AvgIpc) is 3.03. The van der Waals surface area contributed by atoms with Crippen molar-refractivity contribution in [2.75, 3.05) is 6.54 Å². The molecule has 2 aromatic rings. The van der Waals surface area contributed by atoms with E-state index in [1.807, 2.05) is 0 Å². The number of aryl methyl sites for hydroxylation is 1. The molecular formula is C15H21N3OS. The van der Waals surface area contributed by atoms with Gasteiger partial charge in [0.2, 0.25) is 11.7 Å². The van der Waals surface area contributed by atoms with Crippen LogP contribution in [0.5, 0.6) is 0 Å². The van der Waals surface area contributed by atoms with Crippen molar-refractivity contribution in [1.29, 1.82) is 0 Å². The lowest BCUT2D eigenvalue weighted by Gasteiger charge is -2.26. The predicted molar refractivity (Wildman–Crippen MR) is 80.8 cm³/mol. The highest BCUT2D eigenvalue weighted by Crippen LogP contribution is 2.37. The van der Waals surface area contributed by atoms with Gasteiger partial charge in [-0.25, -0.2) is 0 Å². The van der Waals surface area contributed by atoms with Crippen LogP contribution in [-0.2, 0) is 5.41 Å². The lowest BCUT2D eigenvalue weighted by atomic mass is 9.80. The summed E-state index contributed by atoms with van der Waals surface area (Å²) in [5.74, 6) is 1.44. The minimum absolute atomic E-state index is 0.105. The van der Waals surface area contributed by atoms with Gasteiger partial charge in [-0.15, -0.1) is 0 Å². The molecule has 0 saturated heterocycles. The molecule has 0 amide bonds. The number of hydrogen-bond acceptors (Lipinski definition) is 5. The van der Waals surface area contributed by atoms with Gasteiger partial charge in [0.05, 0.1) is 5.41 Å². The lowest BCUT2D eigenvalue weighted by molar-refractivity contribution is 0.257. The maximum absolute atomic E-state index is 6.07. The van der Waals surface area contributed by atoms with Crippen LogP contribution < -0.4 is 5.73 Å². The van der Waals surface area contributed by atoms with Gasteiger partial charge in [-0.2, -0.15) is 16.3 Å². The molecular weight excluding hydrogens is 270 g/mol. The Morgan fingerprint density at radius 1 is 1.25 bits per heavy atom. The van der Waals surface area contributed by atoms with Crippen molar-refractivity contribution in [3.63, 3.8) is 0 Å². The highest BCUT2D eigenvalue weighted by atomic mass is 32.1. The Bertz CT molecular complexity index is 567. The number of thiophene rings is 1. The van der Waals surface area contributed by atoms with E-state index in [0.717, 1.165) is 24.3 Å². The third kappa shape index (κ3) is 2.40. The van der Waals surface area contributed by atoms with Crippen LogP contribution in [0, 0.1) is 6.92 Å². The fraction of sp³-hybridized carbons (Fsp3) is 0.600. The summed E-state index contributed by atoms with van der Waals surface area (Å²) in [5.41, 5.74) is 8.24. The van der Waals surface area contributed by atoms with Gasteiger partial charge in [-0.3, -0.25) is 0 Å². The van der Waals surface area contributed by atoms with Gasteiger partial charge >= 0.3 is 0 Å². The van der Waals surface area contributed by atoms with E-state index < -0.39 is 0 Å². The molecule has 0 unspecified atom stereocenters. The smallest absolute Gasteiger partial charge is 0.234 e. The fourth-order valence-corrected chi connectivity index (χ4v) is 3.88. The zero-order chi connectivity index (χ0) is 14.0. The van der Waals surface area contributed by atoms with E-state index in [-0.39, 0.29) is 5.41 Å². The Morgan fingerprint density at radius 3 is 2.60 bits per heavy atom. The zero-order valence-corrected chi connectivity index (χ0v) is 12.7. The Balaban J connectivity index is 1.93. The molecule has 0 aromatic carbocycles. The Morgan fingerprint density at radius 2 is 2.00 bits per heavy atom. The molecule has 1 aliphatic carbocycles. The van der Waals surface area contributed by atoms with E-state index in [2.05, 4.69) is 27.8 Å². The van der Waals surface area contributed by atoms with Crippen LogP contribution in [0.1, 0.15) is 50.0 Å². The first-order valence-electron chi connectivity index (χ1n) is 7.33. The Kier molecular flexibility index (Phi) is 3.89. The summed E-state index contributed by atoms with van der Waals surface area (Å²) >= 11 is 1.67. The Hall–Kier alpha value is -1.20. The van der Waals surface area contributed by atoms with Crippen LogP contribution in [0.15, 0.2) is 15.3 Å². The van der Waals surface area contributed by atoms with E-state index >= 15 is 0 Å². The third-order valence-corrected chi connectivity index (χ3v) is 5.29. The number of aromatic nitrogens is 2. The van der Waals surface area contributed by atoms with E-state index in [1.54, 1.807) is 11.3 Å². The van der Waals surface area contributed by atoms with Crippen LogP contribution in [-0.4, -0.2) is 16.7 Å². The van der Waals surface area contributed by atoms with Gasteiger partial charge < -0.3 is 10.3 Å². The minimum atomic E-state index is -0.105.